The van der Waals surface area contributed by atoms with Crippen LogP contribution >= 0.6 is 11.3 Å². The summed E-state index contributed by atoms with van der Waals surface area (Å²) in [6, 6.07) is 4.40. The molecule has 0 bridgehead atoms. The standard InChI is InChI=1S/C20H23FN4O2S/c1-12-13(2)28-20-18(12)19(22-10-14-3-4-16(26)15(21)9-14)23-17(24-20)11-25-5-7-27-8-6-25/h3-4,9,26H,5-8,10-11H2,1-2H3,(H,22,23,24). The molecular formula is C20H23FN4O2S. The van der Waals surface area contributed by atoms with Crippen LogP contribution in [0.15, 0.2) is 18.2 Å². The van der Waals surface area contributed by atoms with Crippen molar-refractivity contribution < 1.29 is 14.2 Å². The summed E-state index contributed by atoms with van der Waals surface area (Å²) in [5.74, 6) is 0.576. The van der Waals surface area contributed by atoms with Gasteiger partial charge >= 0.3 is 0 Å². The Morgan fingerprint density at radius 3 is 2.79 bits per heavy atom. The van der Waals surface area contributed by atoms with E-state index in [9.17, 15) is 9.50 Å². The van der Waals surface area contributed by atoms with Gasteiger partial charge < -0.3 is 15.2 Å². The fourth-order valence-electron chi connectivity index (χ4n) is 3.30. The van der Waals surface area contributed by atoms with Gasteiger partial charge in [0, 0.05) is 24.5 Å². The predicted molar refractivity (Wildman–Crippen MR) is 108 cm³/mol. The van der Waals surface area contributed by atoms with Gasteiger partial charge in [0.2, 0.25) is 0 Å². The number of nitrogens with one attached hydrogen (secondary N) is 1. The molecule has 1 saturated heterocycles. The van der Waals surface area contributed by atoms with Crippen molar-refractivity contribution in [1.29, 1.82) is 0 Å². The van der Waals surface area contributed by atoms with Crippen molar-refractivity contribution in [3.05, 3.63) is 45.8 Å². The SMILES string of the molecule is Cc1sc2nc(CN3CCOCC3)nc(NCc3ccc(O)c(F)c3)c2c1C. The quantitative estimate of drug-likeness (QED) is 0.680. The van der Waals surface area contributed by atoms with E-state index in [1.807, 2.05) is 0 Å². The summed E-state index contributed by atoms with van der Waals surface area (Å²) in [5.41, 5.74) is 1.90. The third kappa shape index (κ3) is 3.94. The van der Waals surface area contributed by atoms with Crippen LogP contribution in [0, 0.1) is 19.7 Å². The maximum atomic E-state index is 13.6. The molecule has 0 unspecified atom stereocenters. The lowest BCUT2D eigenvalue weighted by Gasteiger charge is -2.25. The van der Waals surface area contributed by atoms with E-state index < -0.39 is 5.82 Å². The van der Waals surface area contributed by atoms with Crippen molar-refractivity contribution in [2.45, 2.75) is 26.9 Å². The van der Waals surface area contributed by atoms with Crippen molar-refractivity contribution >= 4 is 27.4 Å². The molecule has 1 aromatic carbocycles. The summed E-state index contributed by atoms with van der Waals surface area (Å²) in [4.78, 5) is 14.0. The average molecular weight is 402 g/mol. The minimum absolute atomic E-state index is 0.342. The molecule has 0 amide bonds. The fourth-order valence-corrected chi connectivity index (χ4v) is 4.35. The van der Waals surface area contributed by atoms with Crippen LogP contribution in [0.2, 0.25) is 0 Å². The van der Waals surface area contributed by atoms with Gasteiger partial charge in [-0.05, 0) is 37.1 Å². The number of morpholine rings is 1. The molecule has 8 heteroatoms. The van der Waals surface area contributed by atoms with Gasteiger partial charge in [-0.1, -0.05) is 6.07 Å². The summed E-state index contributed by atoms with van der Waals surface area (Å²) in [7, 11) is 0. The minimum atomic E-state index is -0.623. The van der Waals surface area contributed by atoms with Gasteiger partial charge in [-0.2, -0.15) is 0 Å². The lowest BCUT2D eigenvalue weighted by atomic mass is 10.2. The zero-order valence-electron chi connectivity index (χ0n) is 16.0. The molecule has 3 heterocycles. The summed E-state index contributed by atoms with van der Waals surface area (Å²) < 4.78 is 19.0. The van der Waals surface area contributed by atoms with E-state index in [0.717, 1.165) is 59.3 Å². The highest BCUT2D eigenvalue weighted by Crippen LogP contribution is 2.33. The molecule has 3 aromatic rings. The summed E-state index contributed by atoms with van der Waals surface area (Å²) in [5, 5.41) is 13.7. The molecule has 1 aliphatic rings. The van der Waals surface area contributed by atoms with E-state index in [1.165, 1.54) is 17.0 Å². The number of anilines is 1. The number of rotatable bonds is 5. The summed E-state index contributed by atoms with van der Waals surface area (Å²) in [6.45, 7) is 8.46. The molecule has 6 nitrogen and oxygen atoms in total. The number of thiophene rings is 1. The number of hydrogen-bond acceptors (Lipinski definition) is 7. The average Bonchev–Trinajstić information content (AvgIpc) is 2.97. The molecule has 148 valence electrons. The van der Waals surface area contributed by atoms with Gasteiger partial charge in [0.05, 0.1) is 25.1 Å². The number of phenols is 1. The first-order valence-electron chi connectivity index (χ1n) is 9.29. The Kier molecular flexibility index (Phi) is 5.43. The maximum absolute atomic E-state index is 13.6. The fraction of sp³-hybridized carbons (Fsp3) is 0.400. The Hall–Kier alpha value is -2.29. The van der Waals surface area contributed by atoms with Crippen LogP contribution in [0.5, 0.6) is 5.75 Å². The van der Waals surface area contributed by atoms with Crippen LogP contribution in [-0.2, 0) is 17.8 Å². The monoisotopic (exact) mass is 402 g/mol. The Morgan fingerprint density at radius 1 is 1.25 bits per heavy atom. The maximum Gasteiger partial charge on any atom is 0.165 e. The van der Waals surface area contributed by atoms with E-state index in [2.05, 4.69) is 24.1 Å². The third-order valence-corrected chi connectivity index (χ3v) is 6.12. The highest BCUT2D eigenvalue weighted by Gasteiger charge is 2.17. The number of ether oxygens (including phenoxy) is 1. The molecule has 2 aromatic heterocycles. The first-order chi connectivity index (χ1) is 13.5. The Labute approximate surface area is 167 Å². The lowest BCUT2D eigenvalue weighted by Crippen LogP contribution is -2.36. The first-order valence-corrected chi connectivity index (χ1v) is 10.1. The zero-order valence-corrected chi connectivity index (χ0v) is 16.8. The van der Waals surface area contributed by atoms with Gasteiger partial charge in [-0.25, -0.2) is 14.4 Å². The van der Waals surface area contributed by atoms with Gasteiger partial charge in [0.15, 0.2) is 11.6 Å². The smallest absolute Gasteiger partial charge is 0.165 e. The topological polar surface area (TPSA) is 70.5 Å². The van der Waals surface area contributed by atoms with Crippen LogP contribution < -0.4 is 5.32 Å². The summed E-state index contributed by atoms with van der Waals surface area (Å²) >= 11 is 1.67. The number of aryl methyl sites for hydroxylation is 2. The first kappa shape index (κ1) is 19.0. The third-order valence-electron chi connectivity index (χ3n) is 5.02. The van der Waals surface area contributed by atoms with Crippen LogP contribution in [0.25, 0.3) is 10.2 Å². The number of hydrogen-bond donors (Lipinski definition) is 2. The second-order valence-corrected chi connectivity index (χ2v) is 8.18. The number of aromatic nitrogens is 2. The molecule has 0 atom stereocenters. The molecule has 2 N–H and O–H groups in total. The Balaban J connectivity index is 1.63. The van der Waals surface area contributed by atoms with Crippen molar-refractivity contribution in [2.24, 2.45) is 0 Å². The number of phenolic OH excluding ortho intramolecular Hbond substituents is 1. The van der Waals surface area contributed by atoms with Crippen molar-refractivity contribution in [2.75, 3.05) is 31.6 Å². The van der Waals surface area contributed by atoms with Gasteiger partial charge in [0.1, 0.15) is 16.5 Å². The normalized spacial score (nSPS) is 15.2. The van der Waals surface area contributed by atoms with Crippen LogP contribution in [0.3, 0.4) is 0 Å². The highest BCUT2D eigenvalue weighted by molar-refractivity contribution is 7.18. The lowest BCUT2D eigenvalue weighted by molar-refractivity contribution is 0.0331. The van der Waals surface area contributed by atoms with E-state index in [4.69, 9.17) is 14.7 Å². The molecule has 0 saturated carbocycles. The largest absolute Gasteiger partial charge is 0.505 e. The van der Waals surface area contributed by atoms with Crippen molar-refractivity contribution in [3.63, 3.8) is 0 Å². The second-order valence-electron chi connectivity index (χ2n) is 6.98. The van der Waals surface area contributed by atoms with E-state index in [-0.39, 0.29) is 5.75 Å². The number of fused-ring (bicyclic) bond motifs is 1. The van der Waals surface area contributed by atoms with Crippen molar-refractivity contribution in [1.82, 2.24) is 14.9 Å². The number of nitrogens with zero attached hydrogens (tertiary/aromatic N) is 3. The Bertz CT molecular complexity index is 1000. The molecule has 0 spiro atoms. The van der Waals surface area contributed by atoms with Crippen molar-refractivity contribution in [3.8, 4) is 5.75 Å². The van der Waals surface area contributed by atoms with E-state index >= 15 is 0 Å². The van der Waals surface area contributed by atoms with E-state index in [1.54, 1.807) is 17.4 Å². The second kappa shape index (κ2) is 7.98. The number of halogens is 1. The summed E-state index contributed by atoms with van der Waals surface area (Å²) in [6.07, 6.45) is 0. The van der Waals surface area contributed by atoms with Gasteiger partial charge in [-0.3, -0.25) is 4.90 Å². The molecule has 0 radical (unpaired) electrons. The molecule has 28 heavy (non-hydrogen) atoms. The van der Waals surface area contributed by atoms with Crippen LogP contribution in [0.1, 0.15) is 21.8 Å². The molecular weight excluding hydrogens is 379 g/mol. The highest BCUT2D eigenvalue weighted by atomic mass is 32.1. The number of aromatic hydroxyl groups is 1. The zero-order chi connectivity index (χ0) is 19.7. The number of benzene rings is 1. The molecule has 1 aliphatic heterocycles. The predicted octanol–water partition coefficient (Wildman–Crippen LogP) is 3.60. The van der Waals surface area contributed by atoms with Crippen LogP contribution in [-0.4, -0.2) is 46.3 Å². The van der Waals surface area contributed by atoms with Crippen LogP contribution in [0.4, 0.5) is 10.2 Å². The molecule has 4 rings (SSSR count). The minimum Gasteiger partial charge on any atom is -0.505 e. The molecule has 1 fully saturated rings. The molecule has 0 aliphatic carbocycles. The van der Waals surface area contributed by atoms with Gasteiger partial charge in [0.25, 0.3) is 0 Å². The van der Waals surface area contributed by atoms with Gasteiger partial charge in [-0.15, -0.1) is 11.3 Å². The van der Waals surface area contributed by atoms with E-state index in [0.29, 0.717) is 13.1 Å². The Morgan fingerprint density at radius 2 is 2.04 bits per heavy atom.